The van der Waals surface area contributed by atoms with E-state index >= 15 is 0 Å². The summed E-state index contributed by atoms with van der Waals surface area (Å²) in [4.78, 5) is 0. The van der Waals surface area contributed by atoms with Gasteiger partial charge in [0.05, 0.1) is 12.7 Å². The van der Waals surface area contributed by atoms with Crippen molar-refractivity contribution in [3.8, 4) is 0 Å². The fraction of sp³-hybridized carbons (Fsp3) is 0.455. The van der Waals surface area contributed by atoms with Crippen molar-refractivity contribution in [2.45, 2.75) is 33.0 Å². The fourth-order valence-corrected chi connectivity index (χ4v) is 1.14. The number of ether oxygens (including phenoxy) is 1. The minimum absolute atomic E-state index is 0.258. The molecule has 0 amide bonds. The Morgan fingerprint density at radius 1 is 1.27 bits per heavy atom. The molecule has 15 heavy (non-hydrogen) atoms. The molecule has 1 aromatic rings. The van der Waals surface area contributed by atoms with E-state index in [1.54, 1.807) is 12.1 Å². The molecule has 1 unspecified atom stereocenters. The first-order chi connectivity index (χ1) is 7.13. The summed E-state index contributed by atoms with van der Waals surface area (Å²) in [6.07, 6.45) is 1.25. The lowest BCUT2D eigenvalue weighted by Gasteiger charge is -2.10. The number of rotatable bonds is 5. The summed E-state index contributed by atoms with van der Waals surface area (Å²) in [5.41, 5.74) is 1.54. The molecule has 0 aliphatic heterocycles. The Balaban J connectivity index is 2.50. The van der Waals surface area contributed by atoms with Crippen molar-refractivity contribution in [1.82, 2.24) is 0 Å². The van der Waals surface area contributed by atoms with Gasteiger partial charge in [0.1, 0.15) is 0 Å². The van der Waals surface area contributed by atoms with Gasteiger partial charge < -0.3 is 14.8 Å². The second-order valence-corrected chi connectivity index (χ2v) is 3.65. The first-order valence-electron chi connectivity index (χ1n) is 5.20. The van der Waals surface area contributed by atoms with E-state index in [4.69, 9.17) is 14.8 Å². The van der Waals surface area contributed by atoms with Crippen LogP contribution in [0.3, 0.4) is 0 Å². The summed E-state index contributed by atoms with van der Waals surface area (Å²) >= 11 is 0. The van der Waals surface area contributed by atoms with Gasteiger partial charge in [-0.1, -0.05) is 31.2 Å². The number of hydrogen-bond donors (Lipinski definition) is 2. The average molecular weight is 208 g/mol. The molecule has 82 valence electrons. The van der Waals surface area contributed by atoms with Crippen molar-refractivity contribution < 1.29 is 14.8 Å². The Kier molecular flexibility index (Phi) is 4.82. The topological polar surface area (TPSA) is 49.7 Å². The third-order valence-electron chi connectivity index (χ3n) is 2.39. The zero-order chi connectivity index (χ0) is 11.3. The molecule has 1 atom stereocenters. The van der Waals surface area contributed by atoms with Crippen LogP contribution in [0.5, 0.6) is 0 Å². The smallest absolute Gasteiger partial charge is 0.423 e. The Morgan fingerprint density at radius 3 is 2.33 bits per heavy atom. The van der Waals surface area contributed by atoms with Gasteiger partial charge in [0.2, 0.25) is 0 Å². The highest BCUT2D eigenvalue weighted by atomic mass is 16.5. The summed E-state index contributed by atoms with van der Waals surface area (Å²) in [5, 5.41) is 17.8. The SMILES string of the molecule is CCC(C)OCc1ccc(B(O)O)cc1. The molecule has 3 nitrogen and oxygen atoms in total. The van der Waals surface area contributed by atoms with Gasteiger partial charge in [0, 0.05) is 0 Å². The van der Waals surface area contributed by atoms with E-state index in [-0.39, 0.29) is 6.10 Å². The number of benzene rings is 1. The molecule has 4 heteroatoms. The molecule has 0 fully saturated rings. The van der Waals surface area contributed by atoms with Crippen LogP contribution in [0.4, 0.5) is 0 Å². The molecule has 0 bridgehead atoms. The largest absolute Gasteiger partial charge is 0.488 e. The van der Waals surface area contributed by atoms with Crippen LogP contribution < -0.4 is 5.46 Å². The Bertz CT molecular complexity index is 284. The molecular formula is C11H17BO3. The maximum absolute atomic E-state index is 8.90. The molecule has 0 spiro atoms. The third kappa shape index (κ3) is 4.04. The molecule has 0 aromatic heterocycles. The summed E-state index contributed by atoms with van der Waals surface area (Å²) < 4.78 is 5.55. The number of hydrogen-bond acceptors (Lipinski definition) is 3. The first-order valence-corrected chi connectivity index (χ1v) is 5.20. The van der Waals surface area contributed by atoms with Crippen LogP contribution in [0.1, 0.15) is 25.8 Å². The van der Waals surface area contributed by atoms with Gasteiger partial charge in [-0.05, 0) is 24.4 Å². The van der Waals surface area contributed by atoms with Crippen molar-refractivity contribution in [3.63, 3.8) is 0 Å². The van der Waals surface area contributed by atoms with E-state index < -0.39 is 7.12 Å². The van der Waals surface area contributed by atoms with E-state index in [0.29, 0.717) is 12.1 Å². The first kappa shape index (κ1) is 12.2. The zero-order valence-electron chi connectivity index (χ0n) is 9.18. The quantitative estimate of drug-likeness (QED) is 0.699. The van der Waals surface area contributed by atoms with Crippen molar-refractivity contribution in [1.29, 1.82) is 0 Å². The summed E-state index contributed by atoms with van der Waals surface area (Å²) in [6.45, 7) is 4.68. The lowest BCUT2D eigenvalue weighted by Crippen LogP contribution is -2.29. The van der Waals surface area contributed by atoms with Gasteiger partial charge in [0.15, 0.2) is 0 Å². The predicted octanol–water partition coefficient (Wildman–Crippen LogP) is 0.681. The third-order valence-corrected chi connectivity index (χ3v) is 2.39. The minimum Gasteiger partial charge on any atom is -0.423 e. The molecule has 0 heterocycles. The van der Waals surface area contributed by atoms with Crippen molar-refractivity contribution in [3.05, 3.63) is 29.8 Å². The van der Waals surface area contributed by atoms with Gasteiger partial charge >= 0.3 is 7.12 Å². The monoisotopic (exact) mass is 208 g/mol. The van der Waals surface area contributed by atoms with Crippen molar-refractivity contribution >= 4 is 12.6 Å². The van der Waals surface area contributed by atoms with Crippen LogP contribution in [0.2, 0.25) is 0 Å². The summed E-state index contributed by atoms with van der Waals surface area (Å²) in [5.74, 6) is 0. The molecule has 1 aromatic carbocycles. The highest BCUT2D eigenvalue weighted by Gasteiger charge is 2.09. The van der Waals surface area contributed by atoms with Crippen LogP contribution in [0, 0.1) is 0 Å². The minimum atomic E-state index is -1.39. The van der Waals surface area contributed by atoms with E-state index in [1.165, 1.54) is 0 Å². The molecule has 0 saturated heterocycles. The molecule has 2 N–H and O–H groups in total. The van der Waals surface area contributed by atoms with E-state index in [0.717, 1.165) is 12.0 Å². The highest BCUT2D eigenvalue weighted by molar-refractivity contribution is 6.58. The van der Waals surface area contributed by atoms with Gasteiger partial charge in [-0.2, -0.15) is 0 Å². The van der Waals surface area contributed by atoms with Crippen LogP contribution >= 0.6 is 0 Å². The second-order valence-electron chi connectivity index (χ2n) is 3.65. The van der Waals surface area contributed by atoms with Crippen molar-refractivity contribution in [2.75, 3.05) is 0 Å². The molecular weight excluding hydrogens is 191 g/mol. The molecule has 0 aliphatic rings. The van der Waals surface area contributed by atoms with Crippen molar-refractivity contribution in [2.24, 2.45) is 0 Å². The maximum Gasteiger partial charge on any atom is 0.488 e. The van der Waals surface area contributed by atoms with Gasteiger partial charge in [0.25, 0.3) is 0 Å². The van der Waals surface area contributed by atoms with Gasteiger partial charge in [-0.3, -0.25) is 0 Å². The average Bonchev–Trinajstić information content (AvgIpc) is 2.26. The molecule has 0 aliphatic carbocycles. The fourth-order valence-electron chi connectivity index (χ4n) is 1.14. The lowest BCUT2D eigenvalue weighted by atomic mass is 9.80. The van der Waals surface area contributed by atoms with Gasteiger partial charge in [-0.25, -0.2) is 0 Å². The zero-order valence-corrected chi connectivity index (χ0v) is 9.18. The maximum atomic E-state index is 8.90. The molecule has 0 saturated carbocycles. The highest BCUT2D eigenvalue weighted by Crippen LogP contribution is 2.04. The summed E-state index contributed by atoms with van der Waals surface area (Å²) in [7, 11) is -1.39. The Morgan fingerprint density at radius 2 is 1.87 bits per heavy atom. The standard InChI is InChI=1S/C11H17BO3/c1-3-9(2)15-8-10-4-6-11(7-5-10)12(13)14/h4-7,9,13-14H,3,8H2,1-2H3. The lowest BCUT2D eigenvalue weighted by molar-refractivity contribution is 0.0508. The van der Waals surface area contributed by atoms with Crippen LogP contribution in [0.25, 0.3) is 0 Å². The molecule has 1 rings (SSSR count). The molecule has 0 radical (unpaired) electrons. The van der Waals surface area contributed by atoms with Crippen LogP contribution in [0.15, 0.2) is 24.3 Å². The van der Waals surface area contributed by atoms with E-state index in [2.05, 4.69) is 6.92 Å². The second kappa shape index (κ2) is 5.90. The van der Waals surface area contributed by atoms with E-state index in [1.807, 2.05) is 19.1 Å². The normalized spacial score (nSPS) is 12.5. The Hall–Kier alpha value is -0.835. The van der Waals surface area contributed by atoms with Crippen LogP contribution in [-0.2, 0) is 11.3 Å². The van der Waals surface area contributed by atoms with Crippen LogP contribution in [-0.4, -0.2) is 23.3 Å². The summed E-state index contributed by atoms with van der Waals surface area (Å²) in [6, 6.07) is 7.08. The Labute approximate surface area is 90.9 Å². The predicted molar refractivity (Wildman–Crippen MR) is 60.8 cm³/mol. The van der Waals surface area contributed by atoms with E-state index in [9.17, 15) is 0 Å². The van der Waals surface area contributed by atoms with Gasteiger partial charge in [-0.15, -0.1) is 0 Å².